The monoisotopic (exact) mass is 480 g/mol. The first-order valence-electron chi connectivity index (χ1n) is 10.0. The lowest BCUT2D eigenvalue weighted by molar-refractivity contribution is -0.142. The zero-order valence-corrected chi connectivity index (χ0v) is 18.9. The molecule has 0 radical (unpaired) electrons. The van der Waals surface area contributed by atoms with Crippen molar-refractivity contribution in [1.82, 2.24) is 10.2 Å². The second kappa shape index (κ2) is 11.3. The van der Waals surface area contributed by atoms with Crippen LogP contribution >= 0.6 is 15.9 Å². The fourth-order valence-electron chi connectivity index (χ4n) is 3.26. The lowest BCUT2D eigenvalue weighted by Gasteiger charge is -2.31. The Kier molecular flexibility index (Phi) is 8.24. The zero-order valence-electron chi connectivity index (χ0n) is 17.3. The van der Waals surface area contributed by atoms with Gasteiger partial charge in [-0.05, 0) is 35.4 Å². The fraction of sp³-hybridized carbons (Fsp3) is 0.200. The number of hydrogen-bond acceptors (Lipinski definition) is 3. The predicted octanol–water partition coefficient (Wildman–Crippen LogP) is 4.21. The maximum absolute atomic E-state index is 13.3. The molecule has 0 saturated heterocycles. The van der Waals surface area contributed by atoms with E-state index in [-0.39, 0.29) is 18.4 Å². The van der Waals surface area contributed by atoms with Crippen LogP contribution < -0.4 is 10.1 Å². The third-order valence-electron chi connectivity index (χ3n) is 4.89. The van der Waals surface area contributed by atoms with E-state index in [1.165, 1.54) is 0 Å². The summed E-state index contributed by atoms with van der Waals surface area (Å²) in [6.07, 6.45) is 0.414. The molecule has 0 bridgehead atoms. The Hall–Kier alpha value is -3.12. The van der Waals surface area contributed by atoms with E-state index < -0.39 is 6.04 Å². The molecule has 3 rings (SSSR count). The number of nitrogens with zero attached hydrogens (tertiary/aromatic N) is 1. The number of likely N-dealkylation sites (N-methyl/N-ethyl adjacent to an activating group) is 1. The van der Waals surface area contributed by atoms with Crippen LogP contribution in [0.2, 0.25) is 0 Å². The van der Waals surface area contributed by atoms with Crippen molar-refractivity contribution in [3.63, 3.8) is 0 Å². The van der Waals surface area contributed by atoms with Gasteiger partial charge in [-0.1, -0.05) is 76.6 Å². The average molecular weight is 481 g/mol. The van der Waals surface area contributed by atoms with E-state index in [1.54, 1.807) is 24.1 Å². The third-order valence-corrected chi connectivity index (χ3v) is 5.42. The van der Waals surface area contributed by atoms with E-state index in [9.17, 15) is 9.59 Å². The van der Waals surface area contributed by atoms with Gasteiger partial charge in [0.25, 0.3) is 5.91 Å². The molecule has 0 fully saturated rings. The largest absolute Gasteiger partial charge is 0.484 e. The van der Waals surface area contributed by atoms with Crippen LogP contribution in [0.1, 0.15) is 11.1 Å². The van der Waals surface area contributed by atoms with Crippen molar-refractivity contribution in [1.29, 1.82) is 0 Å². The molecule has 0 aromatic heterocycles. The van der Waals surface area contributed by atoms with Crippen molar-refractivity contribution in [3.05, 3.63) is 101 Å². The van der Waals surface area contributed by atoms with Crippen LogP contribution in [0.25, 0.3) is 0 Å². The highest BCUT2D eigenvalue weighted by molar-refractivity contribution is 9.10. The summed E-state index contributed by atoms with van der Waals surface area (Å²) >= 11 is 3.39. The van der Waals surface area contributed by atoms with Crippen LogP contribution in [0.3, 0.4) is 0 Å². The number of rotatable bonds is 9. The molecule has 0 heterocycles. The molecule has 160 valence electrons. The van der Waals surface area contributed by atoms with Gasteiger partial charge in [0.15, 0.2) is 6.61 Å². The summed E-state index contributed by atoms with van der Waals surface area (Å²) in [5.74, 6) is 0.129. The van der Waals surface area contributed by atoms with Crippen LogP contribution in [0.15, 0.2) is 89.4 Å². The minimum absolute atomic E-state index is 0.156. The number of amides is 2. The van der Waals surface area contributed by atoms with E-state index in [0.717, 1.165) is 15.6 Å². The highest BCUT2D eigenvalue weighted by atomic mass is 79.9. The van der Waals surface area contributed by atoms with Crippen molar-refractivity contribution >= 4 is 27.7 Å². The molecule has 6 heteroatoms. The molecule has 1 N–H and O–H groups in total. The minimum Gasteiger partial charge on any atom is -0.484 e. The average Bonchev–Trinajstić information content (AvgIpc) is 2.81. The standard InChI is InChI=1S/C25H25BrN2O3/c1-27-25(30)23(16-19-8-4-2-5-9-19)28(17-20-10-6-3-7-11-20)24(29)18-31-22-14-12-21(26)13-15-22/h2-15,23H,16-18H2,1H3,(H,27,30)/t23-/m0/s1. The predicted molar refractivity (Wildman–Crippen MR) is 125 cm³/mol. The first kappa shape index (κ1) is 22.6. The van der Waals surface area contributed by atoms with E-state index in [4.69, 9.17) is 4.74 Å². The van der Waals surface area contributed by atoms with E-state index in [2.05, 4.69) is 21.2 Å². The number of hydrogen-bond donors (Lipinski definition) is 1. The van der Waals surface area contributed by atoms with Gasteiger partial charge in [-0.3, -0.25) is 9.59 Å². The summed E-state index contributed by atoms with van der Waals surface area (Å²) in [5.41, 5.74) is 1.93. The molecule has 0 aliphatic carbocycles. The Balaban J connectivity index is 1.83. The molecule has 1 atom stereocenters. The lowest BCUT2D eigenvalue weighted by atomic mass is 10.0. The van der Waals surface area contributed by atoms with E-state index in [1.807, 2.05) is 72.8 Å². The van der Waals surface area contributed by atoms with Crippen molar-refractivity contribution in [2.75, 3.05) is 13.7 Å². The van der Waals surface area contributed by atoms with E-state index >= 15 is 0 Å². The number of carbonyl (C=O) groups is 2. The number of nitrogens with one attached hydrogen (secondary N) is 1. The SMILES string of the molecule is CNC(=O)[C@H](Cc1ccccc1)N(Cc1ccccc1)C(=O)COc1ccc(Br)cc1. The molecule has 0 saturated carbocycles. The van der Waals surface area contributed by atoms with Gasteiger partial charge in [-0.2, -0.15) is 0 Å². The zero-order chi connectivity index (χ0) is 22.1. The molecule has 2 amide bonds. The highest BCUT2D eigenvalue weighted by Gasteiger charge is 2.30. The second-order valence-electron chi connectivity index (χ2n) is 7.07. The topological polar surface area (TPSA) is 58.6 Å². The van der Waals surface area contributed by atoms with Gasteiger partial charge in [0.2, 0.25) is 5.91 Å². The van der Waals surface area contributed by atoms with Crippen molar-refractivity contribution in [2.24, 2.45) is 0 Å². The van der Waals surface area contributed by atoms with Gasteiger partial charge in [-0.15, -0.1) is 0 Å². The first-order valence-corrected chi connectivity index (χ1v) is 10.8. The summed E-state index contributed by atoms with van der Waals surface area (Å²) in [7, 11) is 1.59. The normalized spacial score (nSPS) is 11.4. The molecule has 0 aliphatic heterocycles. The summed E-state index contributed by atoms with van der Waals surface area (Å²) < 4.78 is 6.64. The number of carbonyl (C=O) groups excluding carboxylic acids is 2. The molecule has 5 nitrogen and oxygen atoms in total. The Morgan fingerprint density at radius 1 is 0.903 bits per heavy atom. The molecular weight excluding hydrogens is 456 g/mol. The highest BCUT2D eigenvalue weighted by Crippen LogP contribution is 2.18. The summed E-state index contributed by atoms with van der Waals surface area (Å²) in [6, 6.07) is 26.0. The quantitative estimate of drug-likeness (QED) is 0.498. The van der Waals surface area contributed by atoms with Crippen molar-refractivity contribution in [2.45, 2.75) is 19.0 Å². The Labute approximate surface area is 191 Å². The van der Waals surface area contributed by atoms with Crippen molar-refractivity contribution < 1.29 is 14.3 Å². The molecule has 0 unspecified atom stereocenters. The maximum atomic E-state index is 13.3. The van der Waals surface area contributed by atoms with Gasteiger partial charge in [0.1, 0.15) is 11.8 Å². The third kappa shape index (κ3) is 6.69. The van der Waals surface area contributed by atoms with Crippen molar-refractivity contribution in [3.8, 4) is 5.75 Å². The van der Waals surface area contributed by atoms with Gasteiger partial charge in [0, 0.05) is 24.5 Å². The number of ether oxygens (including phenoxy) is 1. The van der Waals surface area contributed by atoms with Crippen LogP contribution in [0.5, 0.6) is 5.75 Å². The first-order chi connectivity index (χ1) is 15.1. The molecular formula is C25H25BrN2O3. The summed E-state index contributed by atoms with van der Waals surface area (Å²) in [6.45, 7) is 0.158. The van der Waals surface area contributed by atoms with Crippen LogP contribution in [-0.2, 0) is 22.6 Å². The van der Waals surface area contributed by atoms with Crippen LogP contribution in [0, 0.1) is 0 Å². The minimum atomic E-state index is -0.659. The smallest absolute Gasteiger partial charge is 0.261 e. The van der Waals surface area contributed by atoms with E-state index in [0.29, 0.717) is 18.7 Å². The molecule has 3 aromatic carbocycles. The molecule has 0 aliphatic rings. The van der Waals surface area contributed by atoms with Gasteiger partial charge < -0.3 is 15.0 Å². The fourth-order valence-corrected chi connectivity index (χ4v) is 3.52. The number of benzene rings is 3. The van der Waals surface area contributed by atoms with Gasteiger partial charge >= 0.3 is 0 Å². The van der Waals surface area contributed by atoms with Gasteiger partial charge in [0.05, 0.1) is 0 Å². The Morgan fingerprint density at radius 3 is 2.06 bits per heavy atom. The molecule has 3 aromatic rings. The summed E-state index contributed by atoms with van der Waals surface area (Å²) in [4.78, 5) is 27.7. The maximum Gasteiger partial charge on any atom is 0.261 e. The Morgan fingerprint density at radius 2 is 1.48 bits per heavy atom. The molecule has 31 heavy (non-hydrogen) atoms. The Bertz CT molecular complexity index is 979. The second-order valence-corrected chi connectivity index (χ2v) is 7.99. The lowest BCUT2D eigenvalue weighted by Crippen LogP contribution is -2.51. The molecule has 0 spiro atoms. The van der Waals surface area contributed by atoms with Crippen LogP contribution in [0.4, 0.5) is 0 Å². The number of halogens is 1. The van der Waals surface area contributed by atoms with Gasteiger partial charge in [-0.25, -0.2) is 0 Å². The van der Waals surface area contributed by atoms with Crippen LogP contribution in [-0.4, -0.2) is 36.4 Å². The summed E-state index contributed by atoms with van der Waals surface area (Å²) in [5, 5.41) is 2.71.